The van der Waals surface area contributed by atoms with Crippen LogP contribution in [0.4, 0.5) is 10.3 Å². The van der Waals surface area contributed by atoms with E-state index in [0.29, 0.717) is 33.7 Å². The summed E-state index contributed by atoms with van der Waals surface area (Å²) >= 11 is 1.59. The number of carbonyl (C=O) groups excluding carboxylic acids is 1. The van der Waals surface area contributed by atoms with E-state index >= 15 is 0 Å². The summed E-state index contributed by atoms with van der Waals surface area (Å²) in [5.74, 6) is 1.36. The molecular weight excluding hydrogens is 455 g/mol. The first-order valence-electron chi connectivity index (χ1n) is 11.1. The zero-order valence-electron chi connectivity index (χ0n) is 19.4. The number of methoxy groups -OCH3 is 1. The van der Waals surface area contributed by atoms with Gasteiger partial charge >= 0.3 is 5.97 Å². The Kier molecular flexibility index (Phi) is 7.52. The molecule has 1 unspecified atom stereocenters. The fourth-order valence-electron chi connectivity index (χ4n) is 3.71. The number of hydrogen-bond acceptors (Lipinski definition) is 7. The highest BCUT2D eigenvalue weighted by Gasteiger charge is 2.35. The van der Waals surface area contributed by atoms with Crippen LogP contribution in [0.15, 0.2) is 65.0 Å². The fraction of sp³-hybridized carbons (Fsp3) is 0.320. The second-order valence-electron chi connectivity index (χ2n) is 7.87. The number of hydrogen-bond donors (Lipinski definition) is 1. The smallest absolute Gasteiger partial charge is 0.338 e. The first kappa shape index (κ1) is 23.8. The molecule has 4 rings (SSSR count). The van der Waals surface area contributed by atoms with Gasteiger partial charge in [0.05, 0.1) is 12.7 Å². The van der Waals surface area contributed by atoms with Gasteiger partial charge in [-0.3, -0.25) is 0 Å². The van der Waals surface area contributed by atoms with E-state index in [-0.39, 0.29) is 12.4 Å². The Balaban J connectivity index is 1.61. The van der Waals surface area contributed by atoms with Crippen molar-refractivity contribution in [1.82, 2.24) is 14.8 Å². The van der Waals surface area contributed by atoms with Crippen LogP contribution in [0.2, 0.25) is 0 Å². The minimum Gasteiger partial charge on any atom is -0.489 e. The molecule has 9 heteroatoms. The molecule has 2 aromatic carbocycles. The third kappa shape index (κ3) is 5.09. The highest BCUT2D eigenvalue weighted by atomic mass is 32.2. The van der Waals surface area contributed by atoms with Crippen molar-refractivity contribution in [3.63, 3.8) is 0 Å². The maximum atomic E-state index is 13.9. The minimum atomic E-state index is -0.502. The normalized spacial score (nSPS) is 15.0. The second kappa shape index (κ2) is 10.7. The predicted molar refractivity (Wildman–Crippen MR) is 129 cm³/mol. The molecule has 0 spiro atoms. The number of unbranched alkanes of at least 4 members (excludes halogenated alkanes) is 1. The van der Waals surface area contributed by atoms with Gasteiger partial charge in [0.25, 0.3) is 0 Å². The summed E-state index contributed by atoms with van der Waals surface area (Å²) in [5, 5.41) is 8.52. The van der Waals surface area contributed by atoms with Gasteiger partial charge in [-0.2, -0.15) is 4.98 Å². The summed E-state index contributed by atoms with van der Waals surface area (Å²) in [6.45, 7) is 4.09. The summed E-state index contributed by atoms with van der Waals surface area (Å²) in [6, 6.07) is 13.4. The summed E-state index contributed by atoms with van der Waals surface area (Å²) in [6.07, 6.45) is 2.17. The molecule has 3 aromatic rings. The van der Waals surface area contributed by atoms with Crippen LogP contribution in [-0.2, 0) is 16.1 Å². The van der Waals surface area contributed by atoms with Crippen molar-refractivity contribution in [3.05, 3.63) is 76.7 Å². The van der Waals surface area contributed by atoms with Crippen molar-refractivity contribution in [2.24, 2.45) is 0 Å². The van der Waals surface area contributed by atoms with Gasteiger partial charge in [-0.05, 0) is 37.1 Å². The van der Waals surface area contributed by atoms with Crippen molar-refractivity contribution >= 4 is 23.7 Å². The zero-order chi connectivity index (χ0) is 24.1. The molecule has 0 fully saturated rings. The molecule has 178 valence electrons. The van der Waals surface area contributed by atoms with Crippen molar-refractivity contribution in [2.45, 2.75) is 44.5 Å². The molecule has 0 amide bonds. The maximum absolute atomic E-state index is 13.9. The van der Waals surface area contributed by atoms with E-state index in [2.05, 4.69) is 22.3 Å². The lowest BCUT2D eigenvalue weighted by Gasteiger charge is -2.27. The number of nitrogens with one attached hydrogen (secondary N) is 1. The van der Waals surface area contributed by atoms with Crippen LogP contribution < -0.4 is 10.1 Å². The van der Waals surface area contributed by atoms with Gasteiger partial charge in [-0.15, -0.1) is 5.10 Å². The molecule has 0 saturated carbocycles. The van der Waals surface area contributed by atoms with Gasteiger partial charge in [0.2, 0.25) is 11.1 Å². The van der Waals surface area contributed by atoms with E-state index in [1.165, 1.54) is 13.2 Å². The largest absolute Gasteiger partial charge is 0.489 e. The first-order chi connectivity index (χ1) is 16.5. The number of anilines is 1. The molecule has 1 aliphatic heterocycles. The van der Waals surface area contributed by atoms with Crippen LogP contribution in [0, 0.1) is 5.82 Å². The number of benzene rings is 2. The lowest BCUT2D eigenvalue weighted by molar-refractivity contribution is -0.136. The Morgan fingerprint density at radius 1 is 1.21 bits per heavy atom. The number of ether oxygens (including phenoxy) is 2. The standard InChI is InChI=1S/C25H27FN4O3S/c1-4-5-14-34-25-28-24-27-16(2)21(23(31)32-3)22(30(24)29-25)17-10-12-19(13-11-17)33-15-18-8-6-7-9-20(18)26/h6-13,22H,4-5,14-15H2,1-3H3,(H,27,28,29). The number of fused-ring (bicyclic) bond motifs is 1. The van der Waals surface area contributed by atoms with Gasteiger partial charge < -0.3 is 14.8 Å². The SMILES string of the molecule is CCCCSc1nc2n(n1)C(c1ccc(OCc3ccccc3F)cc1)C(C(=O)OC)=C(C)N2. The van der Waals surface area contributed by atoms with Gasteiger partial charge in [-0.1, -0.05) is 55.4 Å². The fourth-order valence-corrected chi connectivity index (χ4v) is 4.62. The zero-order valence-corrected chi connectivity index (χ0v) is 20.2. The van der Waals surface area contributed by atoms with E-state index in [0.717, 1.165) is 24.2 Å². The number of rotatable bonds is 9. The Labute approximate surface area is 202 Å². The predicted octanol–water partition coefficient (Wildman–Crippen LogP) is 5.35. The summed E-state index contributed by atoms with van der Waals surface area (Å²) in [4.78, 5) is 17.3. The van der Waals surface area contributed by atoms with Crippen LogP contribution in [0.3, 0.4) is 0 Å². The van der Waals surface area contributed by atoms with Gasteiger partial charge in [0, 0.05) is 17.0 Å². The maximum Gasteiger partial charge on any atom is 0.338 e. The number of carbonyl (C=O) groups is 1. The number of allylic oxidation sites excluding steroid dienone is 1. The molecule has 2 heterocycles. The summed E-state index contributed by atoms with van der Waals surface area (Å²) < 4.78 is 26.4. The van der Waals surface area contributed by atoms with Gasteiger partial charge in [0.1, 0.15) is 24.2 Å². The molecule has 0 saturated heterocycles. The number of nitrogens with zero attached hydrogens (tertiary/aromatic N) is 3. The molecule has 0 radical (unpaired) electrons. The number of esters is 1. The molecule has 1 aromatic heterocycles. The van der Waals surface area contributed by atoms with E-state index in [4.69, 9.17) is 9.47 Å². The highest BCUT2D eigenvalue weighted by molar-refractivity contribution is 7.99. The lowest BCUT2D eigenvalue weighted by atomic mass is 9.96. The second-order valence-corrected chi connectivity index (χ2v) is 8.93. The Hall–Kier alpha value is -3.33. The molecule has 0 aliphatic carbocycles. The van der Waals surface area contributed by atoms with E-state index in [1.54, 1.807) is 46.8 Å². The monoisotopic (exact) mass is 482 g/mol. The van der Waals surface area contributed by atoms with Crippen LogP contribution in [0.1, 0.15) is 43.9 Å². The van der Waals surface area contributed by atoms with Crippen LogP contribution in [0.5, 0.6) is 5.75 Å². The Morgan fingerprint density at radius 3 is 2.68 bits per heavy atom. The van der Waals surface area contributed by atoms with Crippen LogP contribution >= 0.6 is 11.8 Å². The minimum absolute atomic E-state index is 0.122. The average molecular weight is 483 g/mol. The quantitative estimate of drug-likeness (QED) is 0.250. The molecule has 34 heavy (non-hydrogen) atoms. The average Bonchev–Trinajstić information content (AvgIpc) is 3.25. The molecule has 0 bridgehead atoms. The third-order valence-corrected chi connectivity index (χ3v) is 6.44. The van der Waals surface area contributed by atoms with Gasteiger partial charge in [-0.25, -0.2) is 13.9 Å². The Bertz CT molecular complexity index is 1190. The van der Waals surface area contributed by atoms with E-state index in [1.807, 2.05) is 19.1 Å². The number of halogens is 1. The van der Waals surface area contributed by atoms with Crippen molar-refractivity contribution in [2.75, 3.05) is 18.2 Å². The number of aromatic nitrogens is 3. The van der Waals surface area contributed by atoms with Crippen molar-refractivity contribution < 1.29 is 18.7 Å². The Morgan fingerprint density at radius 2 is 1.97 bits per heavy atom. The lowest BCUT2D eigenvalue weighted by Crippen LogP contribution is -2.29. The topological polar surface area (TPSA) is 78.3 Å². The van der Waals surface area contributed by atoms with Crippen LogP contribution in [-0.4, -0.2) is 33.6 Å². The van der Waals surface area contributed by atoms with E-state index in [9.17, 15) is 9.18 Å². The van der Waals surface area contributed by atoms with Gasteiger partial charge in [0.15, 0.2) is 0 Å². The summed E-state index contributed by atoms with van der Waals surface area (Å²) in [5.41, 5.74) is 2.44. The number of thioether (sulfide) groups is 1. The van der Waals surface area contributed by atoms with E-state index < -0.39 is 12.0 Å². The molecule has 1 atom stereocenters. The van der Waals surface area contributed by atoms with Crippen LogP contribution in [0.25, 0.3) is 0 Å². The molecule has 1 N–H and O–H groups in total. The highest BCUT2D eigenvalue weighted by Crippen LogP contribution is 2.37. The first-order valence-corrected chi connectivity index (χ1v) is 12.1. The molecule has 7 nitrogen and oxygen atoms in total. The molecular formula is C25H27FN4O3S. The third-order valence-electron chi connectivity index (χ3n) is 5.52. The van der Waals surface area contributed by atoms with Crippen molar-refractivity contribution in [1.29, 1.82) is 0 Å². The molecule has 1 aliphatic rings. The summed E-state index contributed by atoms with van der Waals surface area (Å²) in [7, 11) is 1.36. The van der Waals surface area contributed by atoms with Crippen molar-refractivity contribution in [3.8, 4) is 5.75 Å².